The van der Waals surface area contributed by atoms with E-state index in [0.717, 1.165) is 13.2 Å². The molecule has 1 fully saturated rings. The van der Waals surface area contributed by atoms with Crippen LogP contribution in [0.5, 0.6) is 0 Å². The summed E-state index contributed by atoms with van der Waals surface area (Å²) >= 11 is 0. The molecule has 1 atom stereocenters. The van der Waals surface area contributed by atoms with Crippen molar-refractivity contribution < 1.29 is 14.3 Å². The quantitative estimate of drug-likeness (QED) is 0.362. The van der Waals surface area contributed by atoms with Crippen molar-refractivity contribution in [3.63, 3.8) is 0 Å². The van der Waals surface area contributed by atoms with Crippen molar-refractivity contribution in [2.24, 2.45) is 5.50 Å². The number of nitrogens with one attached hydrogen (secondary N) is 1. The first kappa shape index (κ1) is 9.66. The van der Waals surface area contributed by atoms with Crippen LogP contribution in [0.15, 0.2) is 0 Å². The molecule has 0 amide bonds. The normalized spacial score (nSPS) is 20.0. The summed E-state index contributed by atoms with van der Waals surface area (Å²) in [4.78, 5) is 14.9. The van der Waals surface area contributed by atoms with Crippen LogP contribution in [-0.4, -0.2) is 22.9 Å². The van der Waals surface area contributed by atoms with Crippen LogP contribution >= 0.6 is 17.5 Å². The summed E-state index contributed by atoms with van der Waals surface area (Å²) in [5, 5.41) is 3.03. The lowest BCUT2D eigenvalue weighted by molar-refractivity contribution is 0.407. The molecule has 0 aromatic heterocycles. The molecule has 5 N–H and O–H groups in total. The fourth-order valence-electron chi connectivity index (χ4n) is 0.255. The second-order valence-corrected chi connectivity index (χ2v) is 2.68. The van der Waals surface area contributed by atoms with Crippen molar-refractivity contribution in [1.82, 2.24) is 5.09 Å². The minimum atomic E-state index is -2.12. The first-order valence-electron chi connectivity index (χ1n) is 2.25. The van der Waals surface area contributed by atoms with Crippen molar-refractivity contribution in [2.45, 2.75) is 0 Å². The van der Waals surface area contributed by atoms with E-state index in [2.05, 4.69) is 10.6 Å². The lowest BCUT2D eigenvalue weighted by atomic mass is 10.8. The molecule has 1 aliphatic heterocycles. The van der Waals surface area contributed by atoms with Crippen LogP contribution in [-0.2, 0) is 4.52 Å². The van der Waals surface area contributed by atoms with Gasteiger partial charge in [-0.15, -0.1) is 0 Å². The van der Waals surface area contributed by atoms with Gasteiger partial charge >= 0.3 is 0 Å². The van der Waals surface area contributed by atoms with E-state index in [9.17, 15) is 0 Å². The molecule has 1 rings (SSSR count). The third kappa shape index (κ3) is 12.0. The van der Waals surface area contributed by atoms with E-state index in [1.54, 1.807) is 0 Å². The van der Waals surface area contributed by atoms with Gasteiger partial charge in [0.05, 0.1) is 15.6 Å². The van der Waals surface area contributed by atoms with Gasteiger partial charge in [-0.25, -0.2) is 0 Å². The Morgan fingerprint density at radius 2 is 2.22 bits per heavy atom. The van der Waals surface area contributed by atoms with Gasteiger partial charge in [0, 0.05) is 6.54 Å². The van der Waals surface area contributed by atoms with Crippen molar-refractivity contribution in [1.29, 1.82) is 0 Å². The molecule has 0 bridgehead atoms. The van der Waals surface area contributed by atoms with Crippen molar-refractivity contribution in [3.8, 4) is 0 Å². The zero-order valence-electron chi connectivity index (χ0n) is 4.74. The molecule has 1 heterocycles. The van der Waals surface area contributed by atoms with Crippen molar-refractivity contribution in [3.05, 3.63) is 0 Å². The highest BCUT2D eigenvalue weighted by atomic mass is 31.2. The highest BCUT2D eigenvalue weighted by Crippen LogP contribution is 2.08. The zero-order valence-corrected chi connectivity index (χ0v) is 6.64. The molecule has 0 radical (unpaired) electrons. The second-order valence-electron chi connectivity index (χ2n) is 1.20. The summed E-state index contributed by atoms with van der Waals surface area (Å²) in [6.07, 6.45) is 0. The molecule has 1 saturated heterocycles. The fourth-order valence-corrected chi connectivity index (χ4v) is 0.765. The molecule has 5 nitrogen and oxygen atoms in total. The Bertz CT molecular complexity index is 49.4. The van der Waals surface area contributed by atoms with E-state index in [1.165, 1.54) is 0 Å². The summed E-state index contributed by atoms with van der Waals surface area (Å²) in [5.74, 6) is 0. The van der Waals surface area contributed by atoms with Crippen LogP contribution in [0.4, 0.5) is 0 Å². The molecule has 0 saturated carbocycles. The van der Waals surface area contributed by atoms with E-state index < -0.39 is 8.53 Å². The lowest BCUT2D eigenvalue weighted by Gasteiger charge is -1.79. The van der Waals surface area contributed by atoms with Gasteiger partial charge in [0.25, 0.3) is 0 Å². The third-order valence-corrected chi connectivity index (χ3v) is 1.22. The van der Waals surface area contributed by atoms with Crippen LogP contribution in [0.25, 0.3) is 0 Å². The first-order valence-corrected chi connectivity index (χ1v) is 4.48. The fraction of sp³-hybridized carbons (Fsp3) is 1.00. The Kier molecular flexibility index (Phi) is 7.27. The standard InChI is InChI=1S/C2H6NOP.H4NO2P/c1-2-4-5-3-1;1-4(2)3/h3,5H,1-2H2;2-3H,1H2. The molecular weight excluding hydrogens is 162 g/mol. The van der Waals surface area contributed by atoms with Gasteiger partial charge in [0.2, 0.25) is 8.53 Å². The molecule has 1 aliphatic rings. The maximum atomic E-state index is 7.45. The Hall–Kier alpha value is 0.660. The van der Waals surface area contributed by atoms with Gasteiger partial charge in [-0.2, -0.15) is 0 Å². The Morgan fingerprint density at radius 3 is 2.33 bits per heavy atom. The Balaban J connectivity index is 0.000000148. The van der Waals surface area contributed by atoms with Gasteiger partial charge in [0.15, 0.2) is 0 Å². The van der Waals surface area contributed by atoms with Crippen LogP contribution in [0.2, 0.25) is 0 Å². The van der Waals surface area contributed by atoms with E-state index in [4.69, 9.17) is 14.3 Å². The monoisotopic (exact) mass is 172 g/mol. The Morgan fingerprint density at radius 1 is 1.67 bits per heavy atom. The smallest absolute Gasteiger partial charge is 0.247 e. The highest BCUT2D eigenvalue weighted by Gasteiger charge is 1.92. The van der Waals surface area contributed by atoms with Gasteiger partial charge in [-0.1, -0.05) is 0 Å². The minimum Gasteiger partial charge on any atom is -0.345 e. The zero-order chi connectivity index (χ0) is 7.11. The molecule has 0 aromatic rings. The topological polar surface area (TPSA) is 87.7 Å². The van der Waals surface area contributed by atoms with Gasteiger partial charge in [0.1, 0.15) is 0 Å². The molecule has 0 aliphatic carbocycles. The van der Waals surface area contributed by atoms with Crippen molar-refractivity contribution in [2.75, 3.05) is 13.2 Å². The van der Waals surface area contributed by atoms with Gasteiger partial charge in [-0.3, -0.25) is 10.6 Å². The first-order chi connectivity index (χ1) is 4.23. The number of hydrogen-bond donors (Lipinski definition) is 4. The summed E-state index contributed by atoms with van der Waals surface area (Å²) in [6.45, 7) is 1.94. The molecule has 7 heteroatoms. The Labute approximate surface area is 56.5 Å². The van der Waals surface area contributed by atoms with Crippen LogP contribution in [0.1, 0.15) is 0 Å². The van der Waals surface area contributed by atoms with Crippen LogP contribution < -0.4 is 10.6 Å². The maximum Gasteiger partial charge on any atom is 0.247 e. The average molecular weight is 172 g/mol. The summed E-state index contributed by atoms with van der Waals surface area (Å²) < 4.78 is 4.86. The molecule has 56 valence electrons. The van der Waals surface area contributed by atoms with Gasteiger partial charge < -0.3 is 14.3 Å². The summed E-state index contributed by atoms with van der Waals surface area (Å²) in [7, 11) is -1.56. The maximum absolute atomic E-state index is 7.45. The van der Waals surface area contributed by atoms with Crippen molar-refractivity contribution >= 4 is 17.5 Å². The molecule has 9 heavy (non-hydrogen) atoms. The van der Waals surface area contributed by atoms with E-state index in [1.807, 2.05) is 0 Å². The number of nitrogens with two attached hydrogens (primary N) is 1. The van der Waals surface area contributed by atoms with E-state index in [0.29, 0.717) is 8.96 Å². The second kappa shape index (κ2) is 6.78. The summed E-state index contributed by atoms with van der Waals surface area (Å²) in [6, 6.07) is 0. The SMILES string of the molecule is C1COPN1.NP(O)O. The third-order valence-electron chi connectivity index (χ3n) is 0.473. The lowest BCUT2D eigenvalue weighted by Crippen LogP contribution is -1.95. The van der Waals surface area contributed by atoms with Gasteiger partial charge in [-0.05, 0) is 0 Å². The minimum absolute atomic E-state index is 0.559. The molecule has 1 unspecified atom stereocenters. The molecular formula is C2H10N2O3P2. The average Bonchev–Trinajstić information content (AvgIpc) is 2.11. The van der Waals surface area contributed by atoms with E-state index in [-0.39, 0.29) is 0 Å². The van der Waals surface area contributed by atoms with E-state index >= 15 is 0 Å². The molecule has 0 aromatic carbocycles. The number of hydrogen-bond acceptors (Lipinski definition) is 5. The molecule has 0 spiro atoms. The van der Waals surface area contributed by atoms with Crippen LogP contribution in [0.3, 0.4) is 0 Å². The summed E-state index contributed by atoms with van der Waals surface area (Å²) in [5.41, 5.74) is 4.29. The highest BCUT2D eigenvalue weighted by molar-refractivity contribution is 7.42. The largest absolute Gasteiger partial charge is 0.345 e. The predicted octanol–water partition coefficient (Wildman–Crippen LogP) is -0.729. The predicted molar refractivity (Wildman–Crippen MR) is 37.8 cm³/mol. The van der Waals surface area contributed by atoms with Crippen LogP contribution in [0, 0.1) is 0 Å². The number of rotatable bonds is 0.